The van der Waals surface area contributed by atoms with Crippen molar-refractivity contribution in [3.63, 3.8) is 0 Å². The van der Waals surface area contributed by atoms with Crippen molar-refractivity contribution in [2.24, 2.45) is 0 Å². The van der Waals surface area contributed by atoms with Crippen LogP contribution in [0.15, 0.2) is 24.3 Å². The molecule has 2 rings (SSSR count). The van der Waals surface area contributed by atoms with E-state index in [1.807, 2.05) is 6.07 Å². The molecule has 4 nitrogen and oxygen atoms in total. The molecule has 0 aliphatic carbocycles. The Kier molecular flexibility index (Phi) is 3.40. The lowest BCUT2D eigenvalue weighted by atomic mass is 10.1. The van der Waals surface area contributed by atoms with Gasteiger partial charge in [0.05, 0.1) is 19.3 Å². The Bertz CT molecular complexity index is 394. The number of nitriles is 1. The first-order chi connectivity index (χ1) is 7.81. The number of benzene rings is 1. The van der Waals surface area contributed by atoms with Crippen LogP contribution in [-0.4, -0.2) is 36.3 Å². The summed E-state index contributed by atoms with van der Waals surface area (Å²) in [7, 11) is 0. The van der Waals surface area contributed by atoms with E-state index in [1.165, 1.54) is 0 Å². The first-order valence-corrected chi connectivity index (χ1v) is 5.31. The van der Waals surface area contributed by atoms with Gasteiger partial charge in [0.25, 0.3) is 0 Å². The summed E-state index contributed by atoms with van der Waals surface area (Å²) in [5.41, 5.74) is 0.837. The maximum Gasteiger partial charge on any atom is 0.124 e. The van der Waals surface area contributed by atoms with E-state index >= 15 is 0 Å². The zero-order valence-electron chi connectivity index (χ0n) is 8.97. The molecule has 84 valence electrons. The van der Waals surface area contributed by atoms with Gasteiger partial charge in [-0.25, -0.2) is 0 Å². The van der Waals surface area contributed by atoms with Crippen LogP contribution in [0.5, 0.6) is 5.75 Å². The molecule has 0 bridgehead atoms. The Morgan fingerprint density at radius 1 is 1.38 bits per heavy atom. The number of ether oxygens (including phenoxy) is 1. The Labute approximate surface area is 94.7 Å². The van der Waals surface area contributed by atoms with Crippen molar-refractivity contribution in [2.45, 2.75) is 6.04 Å². The van der Waals surface area contributed by atoms with Gasteiger partial charge in [-0.1, -0.05) is 12.1 Å². The number of phenols is 1. The lowest BCUT2D eigenvalue weighted by Crippen LogP contribution is -2.38. The number of hydrogen-bond donors (Lipinski definition) is 1. The minimum atomic E-state index is -0.295. The third kappa shape index (κ3) is 2.32. The van der Waals surface area contributed by atoms with Crippen LogP contribution >= 0.6 is 0 Å². The van der Waals surface area contributed by atoms with Gasteiger partial charge in [0.15, 0.2) is 0 Å². The fourth-order valence-electron chi connectivity index (χ4n) is 1.90. The molecule has 1 N–H and O–H groups in total. The molecular weight excluding hydrogens is 204 g/mol. The molecule has 0 unspecified atom stereocenters. The summed E-state index contributed by atoms with van der Waals surface area (Å²) in [5, 5.41) is 18.6. The molecule has 0 amide bonds. The molecule has 16 heavy (non-hydrogen) atoms. The first kappa shape index (κ1) is 10.9. The van der Waals surface area contributed by atoms with Crippen LogP contribution in [-0.2, 0) is 4.74 Å². The molecule has 1 atom stereocenters. The van der Waals surface area contributed by atoms with Crippen molar-refractivity contribution < 1.29 is 9.84 Å². The monoisotopic (exact) mass is 218 g/mol. The van der Waals surface area contributed by atoms with Crippen LogP contribution in [0.3, 0.4) is 0 Å². The average molecular weight is 218 g/mol. The van der Waals surface area contributed by atoms with Gasteiger partial charge in [0.2, 0.25) is 0 Å². The van der Waals surface area contributed by atoms with Crippen molar-refractivity contribution in [2.75, 3.05) is 26.3 Å². The Balaban J connectivity index is 2.18. The second kappa shape index (κ2) is 4.97. The molecule has 1 saturated heterocycles. The second-order valence-electron chi connectivity index (χ2n) is 3.77. The minimum Gasteiger partial charge on any atom is -0.508 e. The maximum absolute atomic E-state index is 9.40. The van der Waals surface area contributed by atoms with Crippen LogP contribution in [0.2, 0.25) is 0 Å². The number of phenolic OH excluding ortho intramolecular Hbond substituents is 1. The van der Waals surface area contributed by atoms with Gasteiger partial charge in [0.1, 0.15) is 11.8 Å². The molecule has 1 aromatic carbocycles. The highest BCUT2D eigenvalue weighted by Crippen LogP contribution is 2.23. The SMILES string of the molecule is N#C[C@H](c1cccc(O)c1)N1CCOCC1. The molecule has 0 saturated carbocycles. The number of aromatic hydroxyl groups is 1. The van der Waals surface area contributed by atoms with Crippen molar-refractivity contribution in [1.29, 1.82) is 5.26 Å². The third-order valence-electron chi connectivity index (χ3n) is 2.72. The standard InChI is InChI=1S/C12H14N2O2/c13-9-12(14-4-6-16-7-5-14)10-2-1-3-11(15)8-10/h1-3,8,12,15H,4-7H2/t12-/m1/s1. The zero-order valence-corrected chi connectivity index (χ0v) is 8.97. The van der Waals surface area contributed by atoms with E-state index in [2.05, 4.69) is 11.0 Å². The quantitative estimate of drug-likeness (QED) is 0.812. The van der Waals surface area contributed by atoms with Gasteiger partial charge in [-0.3, -0.25) is 4.90 Å². The normalized spacial score (nSPS) is 18.9. The van der Waals surface area contributed by atoms with E-state index in [0.29, 0.717) is 13.2 Å². The largest absolute Gasteiger partial charge is 0.508 e. The highest BCUT2D eigenvalue weighted by molar-refractivity contribution is 5.32. The summed E-state index contributed by atoms with van der Waals surface area (Å²) >= 11 is 0. The molecule has 1 heterocycles. The molecule has 1 aliphatic heterocycles. The Morgan fingerprint density at radius 2 is 2.12 bits per heavy atom. The minimum absolute atomic E-state index is 0.200. The van der Waals surface area contributed by atoms with Gasteiger partial charge < -0.3 is 9.84 Å². The van der Waals surface area contributed by atoms with Gasteiger partial charge >= 0.3 is 0 Å². The Hall–Kier alpha value is -1.57. The highest BCUT2D eigenvalue weighted by atomic mass is 16.5. The molecule has 1 aromatic rings. The van der Waals surface area contributed by atoms with E-state index in [-0.39, 0.29) is 11.8 Å². The topological polar surface area (TPSA) is 56.5 Å². The number of rotatable bonds is 2. The van der Waals surface area contributed by atoms with Crippen LogP contribution in [0.4, 0.5) is 0 Å². The fraction of sp³-hybridized carbons (Fsp3) is 0.417. The van der Waals surface area contributed by atoms with Crippen LogP contribution in [0, 0.1) is 11.3 Å². The number of morpholine rings is 1. The molecule has 4 heteroatoms. The third-order valence-corrected chi connectivity index (χ3v) is 2.72. The van der Waals surface area contributed by atoms with Crippen LogP contribution in [0.1, 0.15) is 11.6 Å². The summed E-state index contributed by atoms with van der Waals surface area (Å²) in [4.78, 5) is 2.07. The molecule has 0 aromatic heterocycles. The van der Waals surface area contributed by atoms with Gasteiger partial charge in [-0.15, -0.1) is 0 Å². The smallest absolute Gasteiger partial charge is 0.124 e. The van der Waals surface area contributed by atoms with Gasteiger partial charge in [-0.05, 0) is 17.7 Å². The molecule has 0 radical (unpaired) electrons. The van der Waals surface area contributed by atoms with E-state index < -0.39 is 0 Å². The molecule has 1 fully saturated rings. The summed E-state index contributed by atoms with van der Waals surface area (Å²) < 4.78 is 5.25. The van der Waals surface area contributed by atoms with Gasteiger partial charge in [-0.2, -0.15) is 5.26 Å². The zero-order chi connectivity index (χ0) is 11.4. The van der Waals surface area contributed by atoms with E-state index in [4.69, 9.17) is 4.74 Å². The van der Waals surface area contributed by atoms with Crippen molar-refractivity contribution in [1.82, 2.24) is 4.90 Å². The molecule has 0 spiro atoms. The Morgan fingerprint density at radius 3 is 2.75 bits per heavy atom. The summed E-state index contributed by atoms with van der Waals surface area (Å²) in [5.74, 6) is 0.200. The predicted molar refractivity (Wildman–Crippen MR) is 58.9 cm³/mol. The van der Waals surface area contributed by atoms with Crippen LogP contribution in [0.25, 0.3) is 0 Å². The summed E-state index contributed by atoms with van der Waals surface area (Å²) in [6.45, 7) is 2.84. The highest BCUT2D eigenvalue weighted by Gasteiger charge is 2.22. The fourth-order valence-corrected chi connectivity index (χ4v) is 1.90. The van der Waals surface area contributed by atoms with Gasteiger partial charge in [0, 0.05) is 13.1 Å². The lowest BCUT2D eigenvalue weighted by Gasteiger charge is -2.30. The lowest BCUT2D eigenvalue weighted by molar-refractivity contribution is 0.0266. The maximum atomic E-state index is 9.40. The van der Waals surface area contributed by atoms with Crippen molar-refractivity contribution in [3.05, 3.63) is 29.8 Å². The molecular formula is C12H14N2O2. The predicted octanol–water partition coefficient (Wildman–Crippen LogP) is 1.29. The first-order valence-electron chi connectivity index (χ1n) is 5.31. The van der Waals surface area contributed by atoms with E-state index in [1.54, 1.807) is 18.2 Å². The average Bonchev–Trinajstić information content (AvgIpc) is 2.31. The molecule has 1 aliphatic rings. The van der Waals surface area contributed by atoms with E-state index in [0.717, 1.165) is 18.7 Å². The number of hydrogen-bond acceptors (Lipinski definition) is 4. The summed E-state index contributed by atoms with van der Waals surface area (Å²) in [6, 6.07) is 8.85. The summed E-state index contributed by atoms with van der Waals surface area (Å²) in [6.07, 6.45) is 0. The van der Waals surface area contributed by atoms with Crippen molar-refractivity contribution in [3.8, 4) is 11.8 Å². The number of nitrogens with zero attached hydrogens (tertiary/aromatic N) is 2. The van der Waals surface area contributed by atoms with E-state index in [9.17, 15) is 10.4 Å². The van der Waals surface area contributed by atoms with Crippen molar-refractivity contribution >= 4 is 0 Å². The van der Waals surface area contributed by atoms with Crippen LogP contribution < -0.4 is 0 Å². The second-order valence-corrected chi connectivity index (χ2v) is 3.77.